The van der Waals surface area contributed by atoms with Crippen molar-refractivity contribution in [2.75, 3.05) is 13.1 Å². The number of hydrogen-bond donors (Lipinski definition) is 3. The van der Waals surface area contributed by atoms with Gasteiger partial charge in [0.2, 0.25) is 0 Å². The summed E-state index contributed by atoms with van der Waals surface area (Å²) in [6.45, 7) is 0.551. The minimum absolute atomic E-state index is 0.0865. The molecular formula is C16H21F3N2O3. The highest BCUT2D eigenvalue weighted by molar-refractivity contribution is 5.74. The maximum Gasteiger partial charge on any atom is 0.414 e. The van der Waals surface area contributed by atoms with E-state index in [1.165, 1.54) is 4.90 Å². The lowest BCUT2D eigenvalue weighted by molar-refractivity contribution is -0.222. The summed E-state index contributed by atoms with van der Waals surface area (Å²) in [5.41, 5.74) is 1.57. The maximum atomic E-state index is 12.5. The van der Waals surface area contributed by atoms with Gasteiger partial charge in [0, 0.05) is 19.6 Å². The van der Waals surface area contributed by atoms with Gasteiger partial charge in [-0.3, -0.25) is 0 Å². The van der Waals surface area contributed by atoms with Crippen LogP contribution in [0.2, 0.25) is 0 Å². The number of likely N-dealkylation sites (tertiary alicyclic amines) is 1. The fourth-order valence-corrected chi connectivity index (χ4v) is 2.81. The molecule has 2 amide bonds. The fraction of sp³-hybridized carbons (Fsp3) is 0.562. The number of hydrogen-bond acceptors (Lipinski definition) is 3. The third-order valence-electron chi connectivity index (χ3n) is 4.23. The van der Waals surface area contributed by atoms with Gasteiger partial charge >= 0.3 is 12.2 Å². The second-order valence-corrected chi connectivity index (χ2v) is 5.95. The van der Waals surface area contributed by atoms with Crippen molar-refractivity contribution in [2.24, 2.45) is 5.92 Å². The van der Waals surface area contributed by atoms with E-state index in [0.717, 1.165) is 11.1 Å². The maximum absolute atomic E-state index is 12.5. The van der Waals surface area contributed by atoms with Gasteiger partial charge in [-0.2, -0.15) is 13.2 Å². The number of halogens is 3. The zero-order chi connectivity index (χ0) is 17.7. The molecule has 1 atom stereocenters. The number of nitrogens with one attached hydrogen (secondary N) is 1. The molecular weight excluding hydrogens is 325 g/mol. The van der Waals surface area contributed by atoms with Crippen molar-refractivity contribution in [1.29, 1.82) is 0 Å². The van der Waals surface area contributed by atoms with Crippen molar-refractivity contribution in [3.63, 3.8) is 0 Å². The molecule has 134 valence electrons. The highest BCUT2D eigenvalue weighted by Gasteiger charge is 2.44. The number of amides is 2. The molecule has 0 unspecified atom stereocenters. The molecule has 0 aliphatic carbocycles. The van der Waals surface area contributed by atoms with E-state index < -0.39 is 18.2 Å². The standard InChI is InChI=1S/C16H21F3N2O3/c17-16(18,19)14(23)13-4-6-21(7-5-13)15(24)20-9-11-2-1-3-12(8-11)10-22/h1-3,8,13-14,22-23H,4-7,9-10H2,(H,20,24)/t14-/m0/s1. The van der Waals surface area contributed by atoms with E-state index in [9.17, 15) is 23.1 Å². The first kappa shape index (κ1) is 18.5. The summed E-state index contributed by atoms with van der Waals surface area (Å²) in [4.78, 5) is 13.5. The van der Waals surface area contributed by atoms with Crippen LogP contribution in [0.25, 0.3) is 0 Å². The minimum Gasteiger partial charge on any atom is -0.392 e. The van der Waals surface area contributed by atoms with Gasteiger partial charge in [-0.25, -0.2) is 4.79 Å². The first-order valence-corrected chi connectivity index (χ1v) is 7.77. The van der Waals surface area contributed by atoms with Gasteiger partial charge in [-0.1, -0.05) is 24.3 Å². The predicted molar refractivity (Wildman–Crippen MR) is 81.0 cm³/mol. The number of alkyl halides is 3. The number of aliphatic hydroxyl groups is 2. The van der Waals surface area contributed by atoms with Crippen LogP contribution in [0.5, 0.6) is 0 Å². The molecule has 0 aromatic heterocycles. The second kappa shape index (κ2) is 7.85. The molecule has 0 bridgehead atoms. The summed E-state index contributed by atoms with van der Waals surface area (Å²) >= 11 is 0. The second-order valence-electron chi connectivity index (χ2n) is 5.95. The van der Waals surface area contributed by atoms with Crippen molar-refractivity contribution in [3.8, 4) is 0 Å². The van der Waals surface area contributed by atoms with Gasteiger partial charge in [-0.05, 0) is 29.9 Å². The lowest BCUT2D eigenvalue weighted by atomic mass is 9.91. The Morgan fingerprint density at radius 3 is 2.50 bits per heavy atom. The topological polar surface area (TPSA) is 72.8 Å². The van der Waals surface area contributed by atoms with Gasteiger partial charge in [0.05, 0.1) is 6.61 Å². The number of aliphatic hydroxyl groups excluding tert-OH is 2. The van der Waals surface area contributed by atoms with E-state index >= 15 is 0 Å². The monoisotopic (exact) mass is 346 g/mol. The lowest BCUT2D eigenvalue weighted by Crippen LogP contribution is -2.48. The van der Waals surface area contributed by atoms with Gasteiger partial charge in [0.15, 0.2) is 6.10 Å². The average Bonchev–Trinajstić information content (AvgIpc) is 2.58. The number of rotatable bonds is 4. The molecule has 8 heteroatoms. The largest absolute Gasteiger partial charge is 0.414 e. The van der Waals surface area contributed by atoms with Crippen LogP contribution in [0.4, 0.5) is 18.0 Å². The number of carbonyl (C=O) groups excluding carboxylic acids is 1. The molecule has 1 aliphatic rings. The molecule has 0 radical (unpaired) electrons. The summed E-state index contributed by atoms with van der Waals surface area (Å²) in [6.07, 6.45) is -6.71. The van der Waals surface area contributed by atoms with Gasteiger partial charge in [0.25, 0.3) is 0 Å². The van der Waals surface area contributed by atoms with Crippen LogP contribution in [0.1, 0.15) is 24.0 Å². The van der Waals surface area contributed by atoms with Crippen LogP contribution in [0.15, 0.2) is 24.3 Å². The summed E-state index contributed by atoms with van der Waals surface area (Å²) in [7, 11) is 0. The molecule has 1 heterocycles. The van der Waals surface area contributed by atoms with Crippen LogP contribution in [-0.2, 0) is 13.2 Å². The highest BCUT2D eigenvalue weighted by Crippen LogP contribution is 2.31. The molecule has 0 saturated carbocycles. The Morgan fingerprint density at radius 2 is 1.92 bits per heavy atom. The average molecular weight is 346 g/mol. The number of nitrogens with zero attached hydrogens (tertiary/aromatic N) is 1. The zero-order valence-corrected chi connectivity index (χ0v) is 13.1. The number of carbonyl (C=O) groups is 1. The van der Waals surface area contributed by atoms with Crippen LogP contribution < -0.4 is 5.32 Å². The summed E-state index contributed by atoms with van der Waals surface area (Å²) in [6, 6.07) is 6.78. The molecule has 3 N–H and O–H groups in total. The van der Waals surface area contributed by atoms with Crippen molar-refractivity contribution < 1.29 is 28.2 Å². The molecule has 5 nitrogen and oxygen atoms in total. The Kier molecular flexibility index (Phi) is 6.06. The Labute approximate surface area is 138 Å². The Bertz CT molecular complexity index is 558. The van der Waals surface area contributed by atoms with Gasteiger partial charge in [0.1, 0.15) is 0 Å². The SMILES string of the molecule is O=C(NCc1cccc(CO)c1)N1CCC([C@H](O)C(F)(F)F)CC1. The smallest absolute Gasteiger partial charge is 0.392 e. The molecule has 1 saturated heterocycles. The molecule has 1 aromatic rings. The van der Waals surface area contributed by atoms with Crippen LogP contribution in [0, 0.1) is 5.92 Å². The quantitative estimate of drug-likeness (QED) is 0.781. The van der Waals surface area contributed by atoms with E-state index in [4.69, 9.17) is 5.11 Å². The Hall–Kier alpha value is -1.80. The first-order chi connectivity index (χ1) is 11.3. The molecule has 1 fully saturated rings. The van der Waals surface area contributed by atoms with Crippen molar-refractivity contribution >= 4 is 6.03 Å². The summed E-state index contributed by atoms with van der Waals surface area (Å²) in [5, 5.41) is 21.1. The Morgan fingerprint density at radius 1 is 1.29 bits per heavy atom. The number of benzene rings is 1. The molecule has 24 heavy (non-hydrogen) atoms. The van der Waals surface area contributed by atoms with E-state index in [0.29, 0.717) is 0 Å². The predicted octanol–water partition coefficient (Wildman–Crippen LogP) is 2.02. The fourth-order valence-electron chi connectivity index (χ4n) is 2.81. The third-order valence-corrected chi connectivity index (χ3v) is 4.23. The molecule has 2 rings (SSSR count). The number of piperidine rings is 1. The zero-order valence-electron chi connectivity index (χ0n) is 13.1. The molecule has 1 aliphatic heterocycles. The van der Waals surface area contributed by atoms with Gasteiger partial charge in [-0.15, -0.1) is 0 Å². The first-order valence-electron chi connectivity index (χ1n) is 7.77. The summed E-state index contributed by atoms with van der Waals surface area (Å²) in [5.74, 6) is -0.865. The molecule has 1 aromatic carbocycles. The third kappa shape index (κ3) is 4.85. The minimum atomic E-state index is -4.62. The molecule has 0 spiro atoms. The van der Waals surface area contributed by atoms with Crippen molar-refractivity contribution in [1.82, 2.24) is 10.2 Å². The normalized spacial score (nSPS) is 17.6. The van der Waals surface area contributed by atoms with E-state index in [1.54, 1.807) is 18.2 Å². The van der Waals surface area contributed by atoms with Crippen molar-refractivity contribution in [3.05, 3.63) is 35.4 Å². The van der Waals surface area contributed by atoms with E-state index in [2.05, 4.69) is 5.32 Å². The van der Waals surface area contributed by atoms with Gasteiger partial charge < -0.3 is 20.4 Å². The number of urea groups is 1. The van der Waals surface area contributed by atoms with E-state index in [-0.39, 0.29) is 45.1 Å². The van der Waals surface area contributed by atoms with Crippen LogP contribution in [0.3, 0.4) is 0 Å². The highest BCUT2D eigenvalue weighted by atomic mass is 19.4. The summed E-state index contributed by atoms with van der Waals surface area (Å²) < 4.78 is 37.5. The van der Waals surface area contributed by atoms with Crippen LogP contribution in [-0.4, -0.2) is 46.5 Å². The van der Waals surface area contributed by atoms with Crippen molar-refractivity contribution in [2.45, 2.75) is 38.3 Å². The lowest BCUT2D eigenvalue weighted by Gasteiger charge is -2.34. The Balaban J connectivity index is 1.80. The van der Waals surface area contributed by atoms with Crippen LogP contribution >= 0.6 is 0 Å². The van der Waals surface area contributed by atoms with E-state index in [1.807, 2.05) is 6.07 Å².